The molecule has 1 aliphatic heterocycles. The van der Waals surface area contributed by atoms with Gasteiger partial charge in [-0.2, -0.15) is 0 Å². The quantitative estimate of drug-likeness (QED) is 0.938. The summed E-state index contributed by atoms with van der Waals surface area (Å²) < 4.78 is 5.82. The van der Waals surface area contributed by atoms with Gasteiger partial charge in [0, 0.05) is 12.2 Å². The van der Waals surface area contributed by atoms with Gasteiger partial charge in [-0.3, -0.25) is 4.98 Å². The van der Waals surface area contributed by atoms with Crippen molar-refractivity contribution in [2.75, 3.05) is 4.90 Å². The van der Waals surface area contributed by atoms with Gasteiger partial charge in [0.25, 0.3) is 0 Å². The van der Waals surface area contributed by atoms with Crippen LogP contribution in [0.4, 0.5) is 5.69 Å². The van der Waals surface area contributed by atoms with E-state index in [1.54, 1.807) is 13.8 Å². The fourth-order valence-electron chi connectivity index (χ4n) is 2.74. The Bertz CT molecular complexity index is 710. The van der Waals surface area contributed by atoms with Crippen LogP contribution < -0.4 is 4.90 Å². The second kappa shape index (κ2) is 5.29. The lowest BCUT2D eigenvalue weighted by Gasteiger charge is -2.35. The molecule has 0 spiro atoms. The Kier molecular flexibility index (Phi) is 3.57. The number of rotatable bonds is 3. The molecule has 0 bridgehead atoms. The Hall–Kier alpha value is -2.07. The van der Waals surface area contributed by atoms with Crippen molar-refractivity contribution in [2.24, 2.45) is 0 Å². The SMILES string of the molecule is CC1=Cc2ncccc2N(Cc2ccc(C(C)(C)O)o2)C1C. The average molecular weight is 298 g/mol. The van der Waals surface area contributed by atoms with Gasteiger partial charge in [-0.05, 0) is 63.6 Å². The van der Waals surface area contributed by atoms with Gasteiger partial charge < -0.3 is 14.4 Å². The van der Waals surface area contributed by atoms with E-state index in [0.29, 0.717) is 12.3 Å². The fourth-order valence-corrected chi connectivity index (χ4v) is 2.74. The highest BCUT2D eigenvalue weighted by atomic mass is 16.4. The Morgan fingerprint density at radius 2 is 2.09 bits per heavy atom. The van der Waals surface area contributed by atoms with Crippen LogP contribution in [0.3, 0.4) is 0 Å². The van der Waals surface area contributed by atoms with E-state index >= 15 is 0 Å². The first-order valence-electron chi connectivity index (χ1n) is 7.57. The van der Waals surface area contributed by atoms with Gasteiger partial charge in [0.2, 0.25) is 0 Å². The zero-order valence-electron chi connectivity index (χ0n) is 13.5. The van der Waals surface area contributed by atoms with Crippen LogP contribution in [0.5, 0.6) is 0 Å². The third-order valence-electron chi connectivity index (χ3n) is 4.21. The number of aromatic nitrogens is 1. The van der Waals surface area contributed by atoms with Gasteiger partial charge in [-0.1, -0.05) is 0 Å². The Balaban J connectivity index is 1.91. The normalized spacial score (nSPS) is 18.1. The first-order chi connectivity index (χ1) is 10.4. The van der Waals surface area contributed by atoms with Crippen molar-refractivity contribution in [1.82, 2.24) is 4.98 Å². The minimum atomic E-state index is -0.957. The number of anilines is 1. The molecule has 0 saturated heterocycles. The van der Waals surface area contributed by atoms with Gasteiger partial charge in [0.05, 0.1) is 17.9 Å². The van der Waals surface area contributed by atoms with E-state index in [2.05, 4.69) is 35.9 Å². The van der Waals surface area contributed by atoms with Crippen molar-refractivity contribution in [2.45, 2.75) is 45.9 Å². The lowest BCUT2D eigenvalue weighted by molar-refractivity contribution is 0.0528. The molecule has 2 aromatic heterocycles. The van der Waals surface area contributed by atoms with Crippen molar-refractivity contribution in [3.63, 3.8) is 0 Å². The highest BCUT2D eigenvalue weighted by Crippen LogP contribution is 2.33. The Morgan fingerprint density at radius 1 is 1.32 bits per heavy atom. The summed E-state index contributed by atoms with van der Waals surface area (Å²) >= 11 is 0. The van der Waals surface area contributed by atoms with E-state index in [1.807, 2.05) is 24.4 Å². The van der Waals surface area contributed by atoms with Crippen molar-refractivity contribution < 1.29 is 9.52 Å². The third-order valence-corrected chi connectivity index (χ3v) is 4.21. The standard InChI is InChI=1S/C18H22N2O2/c1-12-10-15-16(6-5-9-19-15)20(13(12)2)11-14-7-8-17(22-14)18(3,4)21/h5-10,13,21H,11H2,1-4H3. The average Bonchev–Trinajstić information content (AvgIpc) is 2.92. The first kappa shape index (κ1) is 14.9. The topological polar surface area (TPSA) is 49.5 Å². The zero-order chi connectivity index (χ0) is 15.9. The van der Waals surface area contributed by atoms with E-state index in [-0.39, 0.29) is 6.04 Å². The van der Waals surface area contributed by atoms with Crippen LogP contribution in [0, 0.1) is 0 Å². The van der Waals surface area contributed by atoms with Crippen LogP contribution in [-0.4, -0.2) is 16.1 Å². The fraction of sp³-hybridized carbons (Fsp3) is 0.389. The summed E-state index contributed by atoms with van der Waals surface area (Å²) in [6.07, 6.45) is 3.96. The molecule has 2 aromatic rings. The molecule has 1 unspecified atom stereocenters. The number of pyridine rings is 1. The molecule has 0 amide bonds. The van der Waals surface area contributed by atoms with E-state index in [9.17, 15) is 5.11 Å². The molecule has 116 valence electrons. The molecule has 0 saturated carbocycles. The molecule has 4 heteroatoms. The highest BCUT2D eigenvalue weighted by Gasteiger charge is 2.26. The van der Waals surface area contributed by atoms with Gasteiger partial charge in [-0.15, -0.1) is 0 Å². The number of hydrogen-bond donors (Lipinski definition) is 1. The first-order valence-corrected chi connectivity index (χ1v) is 7.57. The molecule has 3 heterocycles. The summed E-state index contributed by atoms with van der Waals surface area (Å²) in [5.41, 5.74) is 2.43. The third kappa shape index (κ3) is 2.66. The van der Waals surface area contributed by atoms with Crippen molar-refractivity contribution >= 4 is 11.8 Å². The van der Waals surface area contributed by atoms with Crippen molar-refractivity contribution in [1.29, 1.82) is 0 Å². The highest BCUT2D eigenvalue weighted by molar-refractivity contribution is 5.71. The van der Waals surface area contributed by atoms with E-state index in [4.69, 9.17) is 4.42 Å². The molecule has 0 aromatic carbocycles. The van der Waals surface area contributed by atoms with Crippen LogP contribution in [0.15, 0.2) is 40.5 Å². The summed E-state index contributed by atoms with van der Waals surface area (Å²) in [7, 11) is 0. The molecular formula is C18H22N2O2. The molecule has 1 atom stereocenters. The Labute approximate surface area is 131 Å². The molecule has 3 rings (SSSR count). The maximum Gasteiger partial charge on any atom is 0.135 e. The number of aliphatic hydroxyl groups is 1. The molecule has 4 nitrogen and oxygen atoms in total. The second-order valence-corrected chi connectivity index (χ2v) is 6.42. The van der Waals surface area contributed by atoms with Crippen LogP contribution in [0.1, 0.15) is 44.9 Å². The molecule has 0 fully saturated rings. The summed E-state index contributed by atoms with van der Waals surface area (Å²) in [4.78, 5) is 6.73. The lowest BCUT2D eigenvalue weighted by atomic mass is 10.0. The number of fused-ring (bicyclic) bond motifs is 1. The van der Waals surface area contributed by atoms with Crippen LogP contribution in [-0.2, 0) is 12.1 Å². The molecule has 22 heavy (non-hydrogen) atoms. The van der Waals surface area contributed by atoms with Crippen LogP contribution >= 0.6 is 0 Å². The summed E-state index contributed by atoms with van der Waals surface area (Å²) in [5, 5.41) is 10.0. The van der Waals surface area contributed by atoms with E-state index in [0.717, 1.165) is 17.1 Å². The van der Waals surface area contributed by atoms with Crippen molar-refractivity contribution in [3.05, 3.63) is 53.2 Å². The van der Waals surface area contributed by atoms with Crippen LogP contribution in [0.2, 0.25) is 0 Å². The van der Waals surface area contributed by atoms with Crippen LogP contribution in [0.25, 0.3) is 6.08 Å². The predicted molar refractivity (Wildman–Crippen MR) is 87.5 cm³/mol. The maximum atomic E-state index is 10.0. The smallest absolute Gasteiger partial charge is 0.135 e. The molecule has 1 aliphatic rings. The van der Waals surface area contributed by atoms with Gasteiger partial charge in [0.15, 0.2) is 0 Å². The van der Waals surface area contributed by atoms with Gasteiger partial charge in [-0.25, -0.2) is 0 Å². The number of furan rings is 1. The minimum Gasteiger partial charge on any atom is -0.461 e. The minimum absolute atomic E-state index is 0.285. The zero-order valence-corrected chi connectivity index (χ0v) is 13.5. The maximum absolute atomic E-state index is 10.0. The second-order valence-electron chi connectivity index (χ2n) is 6.42. The molecule has 0 aliphatic carbocycles. The lowest BCUT2D eigenvalue weighted by Crippen LogP contribution is -2.36. The number of hydrogen-bond acceptors (Lipinski definition) is 4. The summed E-state index contributed by atoms with van der Waals surface area (Å²) in [6, 6.07) is 8.10. The molecule has 0 radical (unpaired) electrons. The van der Waals surface area contributed by atoms with E-state index in [1.165, 1.54) is 5.57 Å². The Morgan fingerprint density at radius 3 is 2.77 bits per heavy atom. The largest absolute Gasteiger partial charge is 0.461 e. The molecular weight excluding hydrogens is 276 g/mol. The predicted octanol–water partition coefficient (Wildman–Crippen LogP) is 3.71. The van der Waals surface area contributed by atoms with Crippen molar-refractivity contribution in [3.8, 4) is 0 Å². The van der Waals surface area contributed by atoms with Gasteiger partial charge >= 0.3 is 0 Å². The van der Waals surface area contributed by atoms with Gasteiger partial charge in [0.1, 0.15) is 17.1 Å². The monoisotopic (exact) mass is 298 g/mol. The summed E-state index contributed by atoms with van der Waals surface area (Å²) in [5.74, 6) is 1.43. The molecule has 1 N–H and O–H groups in total. The van der Waals surface area contributed by atoms with E-state index < -0.39 is 5.60 Å². The summed E-state index contributed by atoms with van der Waals surface area (Å²) in [6.45, 7) is 8.42. The number of nitrogens with zero attached hydrogens (tertiary/aromatic N) is 2.